The number of hydrogen-bond donors (Lipinski definition) is 1. The Kier molecular flexibility index (Phi) is 5.33. The molecule has 160 valence electrons. The Morgan fingerprint density at radius 1 is 1.00 bits per heavy atom. The van der Waals surface area contributed by atoms with Crippen molar-refractivity contribution >= 4 is 50.5 Å². The molecular weight excluding hydrogens is 444 g/mol. The fourth-order valence-corrected chi connectivity index (χ4v) is 5.31. The van der Waals surface area contributed by atoms with Crippen LogP contribution >= 0.6 is 22.9 Å². The van der Waals surface area contributed by atoms with Gasteiger partial charge in [0.2, 0.25) is 5.91 Å². The first-order valence-corrected chi connectivity index (χ1v) is 11.3. The van der Waals surface area contributed by atoms with Crippen LogP contribution in [0.1, 0.15) is 20.8 Å². The van der Waals surface area contributed by atoms with Gasteiger partial charge in [-0.3, -0.25) is 14.5 Å². The number of hydrogen-bond acceptors (Lipinski definition) is 4. The molecule has 0 radical (unpaired) electrons. The summed E-state index contributed by atoms with van der Waals surface area (Å²) in [6.07, 6.45) is 0. The van der Waals surface area contributed by atoms with E-state index in [-0.39, 0.29) is 34.7 Å². The zero-order valence-corrected chi connectivity index (χ0v) is 18.6. The molecule has 0 bridgehead atoms. The Morgan fingerprint density at radius 2 is 1.78 bits per heavy atom. The number of nitrogens with zero attached hydrogens (tertiary/aromatic N) is 2. The molecule has 1 aliphatic heterocycles. The molecule has 7 heteroatoms. The van der Waals surface area contributed by atoms with Gasteiger partial charge in [0.1, 0.15) is 12.3 Å². The maximum atomic E-state index is 13.4. The van der Waals surface area contributed by atoms with Crippen molar-refractivity contribution < 1.29 is 14.7 Å². The molecule has 5 nitrogen and oxygen atoms in total. The van der Waals surface area contributed by atoms with Crippen LogP contribution in [0.15, 0.2) is 72.8 Å². The van der Waals surface area contributed by atoms with E-state index in [2.05, 4.69) is 18.2 Å². The minimum absolute atomic E-state index is 0.0200. The van der Waals surface area contributed by atoms with E-state index in [0.717, 1.165) is 15.8 Å². The molecule has 3 aromatic carbocycles. The Labute approximate surface area is 194 Å². The smallest absolute Gasteiger partial charge is 0.260 e. The highest BCUT2D eigenvalue weighted by molar-refractivity contribution is 7.19. The number of benzene rings is 3. The van der Waals surface area contributed by atoms with Crippen LogP contribution in [0.4, 0.5) is 5.69 Å². The molecular formula is C25H19ClN2O3S. The molecule has 5 rings (SSSR count). The summed E-state index contributed by atoms with van der Waals surface area (Å²) in [5.74, 6) is -0.533. The fraction of sp³-hybridized carbons (Fsp3) is 0.120. The third-order valence-electron chi connectivity index (χ3n) is 5.54. The second kappa shape index (κ2) is 8.30. The van der Waals surface area contributed by atoms with E-state index < -0.39 is 0 Å². The van der Waals surface area contributed by atoms with Gasteiger partial charge >= 0.3 is 0 Å². The summed E-state index contributed by atoms with van der Waals surface area (Å²) in [5.41, 5.74) is 1.82. The van der Waals surface area contributed by atoms with Crippen LogP contribution in [-0.4, -0.2) is 28.4 Å². The normalized spacial score (nSPS) is 13.8. The van der Waals surface area contributed by atoms with Crippen LogP contribution in [0.3, 0.4) is 0 Å². The van der Waals surface area contributed by atoms with Crippen molar-refractivity contribution in [3.05, 3.63) is 93.8 Å². The first-order chi connectivity index (χ1) is 15.5. The van der Waals surface area contributed by atoms with Gasteiger partial charge in [-0.1, -0.05) is 48.0 Å². The van der Waals surface area contributed by atoms with Crippen molar-refractivity contribution in [2.75, 3.05) is 11.4 Å². The Morgan fingerprint density at radius 3 is 2.59 bits per heavy atom. The van der Waals surface area contributed by atoms with Crippen molar-refractivity contribution in [2.45, 2.75) is 13.1 Å². The summed E-state index contributed by atoms with van der Waals surface area (Å²) in [7, 11) is 0. The number of carbonyl (C=O) groups excluding carboxylic acids is 2. The number of aromatic hydroxyl groups is 1. The number of fused-ring (bicyclic) bond motifs is 2. The number of thiophene rings is 1. The van der Waals surface area contributed by atoms with Gasteiger partial charge in [0.15, 0.2) is 0 Å². The standard InChI is InChI=1S/C25H19ClN2O3S/c26-21-12-18(29)9-10-20(21)25(31)28-15-24(30)27(13-17-6-1-3-7-22(17)28)14-19-11-16-5-2-4-8-23(16)32-19/h1-12,29H,13-15H2. The topological polar surface area (TPSA) is 60.9 Å². The number of amides is 2. The lowest BCUT2D eigenvalue weighted by atomic mass is 10.1. The molecule has 0 unspecified atom stereocenters. The van der Waals surface area contributed by atoms with Gasteiger partial charge in [0.25, 0.3) is 5.91 Å². The molecule has 2 amide bonds. The Bertz CT molecular complexity index is 1320. The summed E-state index contributed by atoms with van der Waals surface area (Å²) < 4.78 is 1.18. The number of phenolic OH excluding ortho intramolecular Hbond substituents is 1. The number of para-hydroxylation sites is 1. The molecule has 0 aliphatic carbocycles. The van der Waals surface area contributed by atoms with Crippen LogP contribution in [0.2, 0.25) is 5.02 Å². The third kappa shape index (κ3) is 3.83. The van der Waals surface area contributed by atoms with Gasteiger partial charge in [-0.15, -0.1) is 11.3 Å². The quantitative estimate of drug-likeness (QED) is 0.440. The fourth-order valence-electron chi connectivity index (χ4n) is 3.97. The molecule has 2 heterocycles. The number of halogens is 1. The molecule has 1 N–H and O–H groups in total. The van der Waals surface area contributed by atoms with Crippen LogP contribution in [-0.2, 0) is 17.9 Å². The lowest BCUT2D eigenvalue weighted by molar-refractivity contribution is -0.130. The second-order valence-corrected chi connectivity index (χ2v) is 9.26. The SMILES string of the molecule is O=C1CN(C(=O)c2ccc(O)cc2Cl)c2ccccc2CN1Cc1cc2ccccc2s1. The maximum Gasteiger partial charge on any atom is 0.260 e. The first-order valence-electron chi connectivity index (χ1n) is 10.1. The van der Waals surface area contributed by atoms with E-state index >= 15 is 0 Å². The third-order valence-corrected chi connectivity index (χ3v) is 6.95. The van der Waals surface area contributed by atoms with E-state index in [4.69, 9.17) is 11.6 Å². The van der Waals surface area contributed by atoms with Gasteiger partial charge in [-0.2, -0.15) is 0 Å². The van der Waals surface area contributed by atoms with Crippen LogP contribution in [0, 0.1) is 0 Å². The Balaban J connectivity index is 1.48. The zero-order chi connectivity index (χ0) is 22.2. The predicted octanol–water partition coefficient (Wildman–Crippen LogP) is 5.45. The van der Waals surface area contributed by atoms with Crippen LogP contribution in [0.5, 0.6) is 5.75 Å². The largest absolute Gasteiger partial charge is 0.508 e. The lowest BCUT2D eigenvalue weighted by Gasteiger charge is -2.23. The van der Waals surface area contributed by atoms with Gasteiger partial charge in [0, 0.05) is 21.8 Å². The molecule has 32 heavy (non-hydrogen) atoms. The van der Waals surface area contributed by atoms with Gasteiger partial charge in [-0.25, -0.2) is 0 Å². The van der Waals surface area contributed by atoms with Gasteiger partial charge in [-0.05, 0) is 47.3 Å². The van der Waals surface area contributed by atoms with Gasteiger partial charge in [0.05, 0.1) is 17.1 Å². The molecule has 0 spiro atoms. The highest BCUT2D eigenvalue weighted by atomic mass is 35.5. The van der Waals surface area contributed by atoms with Crippen molar-refractivity contribution in [3.8, 4) is 5.75 Å². The minimum atomic E-state index is -0.375. The summed E-state index contributed by atoms with van der Waals surface area (Å²) in [6, 6.07) is 22.0. The van der Waals surface area contributed by atoms with E-state index in [1.807, 2.05) is 36.4 Å². The zero-order valence-electron chi connectivity index (χ0n) is 17.0. The van der Waals surface area contributed by atoms with Crippen molar-refractivity contribution in [2.24, 2.45) is 0 Å². The molecule has 4 aromatic rings. The van der Waals surface area contributed by atoms with E-state index in [1.165, 1.54) is 27.8 Å². The molecule has 0 fully saturated rings. The van der Waals surface area contributed by atoms with Crippen molar-refractivity contribution in [3.63, 3.8) is 0 Å². The highest BCUT2D eigenvalue weighted by Gasteiger charge is 2.30. The van der Waals surface area contributed by atoms with Crippen molar-refractivity contribution in [1.29, 1.82) is 0 Å². The first kappa shape index (κ1) is 20.5. The van der Waals surface area contributed by atoms with E-state index in [0.29, 0.717) is 18.8 Å². The van der Waals surface area contributed by atoms with Gasteiger partial charge < -0.3 is 10.0 Å². The molecule has 0 atom stereocenters. The second-order valence-electron chi connectivity index (χ2n) is 7.68. The highest BCUT2D eigenvalue weighted by Crippen LogP contribution is 2.32. The Hall–Kier alpha value is -3.35. The van der Waals surface area contributed by atoms with Crippen LogP contribution < -0.4 is 4.90 Å². The summed E-state index contributed by atoms with van der Waals surface area (Å²) in [4.78, 5) is 31.0. The monoisotopic (exact) mass is 462 g/mol. The molecule has 1 aromatic heterocycles. The van der Waals surface area contributed by atoms with E-state index in [9.17, 15) is 14.7 Å². The molecule has 1 aliphatic rings. The van der Waals surface area contributed by atoms with Crippen LogP contribution in [0.25, 0.3) is 10.1 Å². The average molecular weight is 463 g/mol. The molecule has 0 saturated heterocycles. The summed E-state index contributed by atoms with van der Waals surface area (Å²) >= 11 is 7.89. The van der Waals surface area contributed by atoms with E-state index in [1.54, 1.807) is 16.2 Å². The summed E-state index contributed by atoms with van der Waals surface area (Å²) in [6.45, 7) is 0.808. The number of phenols is 1. The predicted molar refractivity (Wildman–Crippen MR) is 127 cm³/mol. The number of anilines is 1. The molecule has 0 saturated carbocycles. The number of rotatable bonds is 3. The average Bonchev–Trinajstić information content (AvgIpc) is 3.13. The minimum Gasteiger partial charge on any atom is -0.508 e. The number of carbonyl (C=O) groups is 2. The maximum absolute atomic E-state index is 13.4. The summed E-state index contributed by atoms with van der Waals surface area (Å²) in [5, 5.41) is 10.9. The van der Waals surface area contributed by atoms with Crippen molar-refractivity contribution in [1.82, 2.24) is 4.90 Å². The lowest BCUT2D eigenvalue weighted by Crippen LogP contribution is -2.40.